The summed E-state index contributed by atoms with van der Waals surface area (Å²) < 4.78 is 19.9. The lowest BCUT2D eigenvalue weighted by Gasteiger charge is -2.39. The molecule has 1 aromatic heterocycles. The Morgan fingerprint density at radius 1 is 1.21 bits per heavy atom. The number of aromatic nitrogens is 1. The maximum atomic E-state index is 13.9. The minimum Gasteiger partial charge on any atom is -0.445 e. The molecule has 0 unspecified atom stereocenters. The number of halogens is 1. The van der Waals surface area contributed by atoms with Crippen LogP contribution in [0.2, 0.25) is 0 Å². The Bertz CT molecular complexity index is 831. The SMILES string of the molecule is C[C@]1(c2ncc(Cc3ccccc3F)o2)CCCN(C(=O)CN2CCCC2)C1. The van der Waals surface area contributed by atoms with E-state index in [1.54, 1.807) is 18.3 Å². The van der Waals surface area contributed by atoms with E-state index in [9.17, 15) is 9.18 Å². The van der Waals surface area contributed by atoms with Gasteiger partial charge in [-0.3, -0.25) is 9.69 Å². The molecule has 2 fully saturated rings. The first kappa shape index (κ1) is 19.1. The van der Waals surface area contributed by atoms with E-state index in [1.807, 2.05) is 11.0 Å². The highest BCUT2D eigenvalue weighted by Gasteiger charge is 2.38. The molecule has 3 heterocycles. The summed E-state index contributed by atoms with van der Waals surface area (Å²) in [6.45, 7) is 6.09. The van der Waals surface area contributed by atoms with Crippen LogP contribution < -0.4 is 0 Å². The lowest BCUT2D eigenvalue weighted by Crippen LogP contribution is -2.49. The zero-order valence-corrected chi connectivity index (χ0v) is 16.5. The van der Waals surface area contributed by atoms with E-state index < -0.39 is 0 Å². The van der Waals surface area contributed by atoms with E-state index in [-0.39, 0.29) is 17.1 Å². The smallest absolute Gasteiger partial charge is 0.236 e. The third-order valence-electron chi connectivity index (χ3n) is 6.00. The van der Waals surface area contributed by atoms with Crippen LogP contribution in [0.4, 0.5) is 4.39 Å². The maximum absolute atomic E-state index is 13.9. The number of oxazole rings is 1. The number of carbonyl (C=O) groups excluding carboxylic acids is 1. The molecule has 1 aromatic carbocycles. The molecule has 0 radical (unpaired) electrons. The number of benzene rings is 1. The summed E-state index contributed by atoms with van der Waals surface area (Å²) in [4.78, 5) is 21.4. The van der Waals surface area contributed by atoms with Gasteiger partial charge in [-0.1, -0.05) is 18.2 Å². The number of rotatable bonds is 5. The van der Waals surface area contributed by atoms with Crippen molar-refractivity contribution >= 4 is 5.91 Å². The average molecular weight is 385 g/mol. The monoisotopic (exact) mass is 385 g/mol. The van der Waals surface area contributed by atoms with Gasteiger partial charge in [0.2, 0.25) is 11.8 Å². The summed E-state index contributed by atoms with van der Waals surface area (Å²) in [5.41, 5.74) is 0.299. The second kappa shape index (κ2) is 8.03. The molecule has 2 saturated heterocycles. The van der Waals surface area contributed by atoms with E-state index in [4.69, 9.17) is 4.42 Å². The predicted octanol–water partition coefficient (Wildman–Crippen LogP) is 3.38. The van der Waals surface area contributed by atoms with Crippen LogP contribution in [0.15, 0.2) is 34.9 Å². The molecule has 2 aliphatic rings. The van der Waals surface area contributed by atoms with Crippen molar-refractivity contribution in [2.24, 2.45) is 0 Å². The minimum atomic E-state index is -0.299. The average Bonchev–Trinajstić information content (AvgIpc) is 3.36. The molecule has 4 rings (SSSR count). The number of likely N-dealkylation sites (tertiary alicyclic amines) is 2. The Kier molecular flexibility index (Phi) is 5.49. The topological polar surface area (TPSA) is 49.6 Å². The van der Waals surface area contributed by atoms with E-state index in [0.717, 1.165) is 32.5 Å². The quantitative estimate of drug-likeness (QED) is 0.792. The zero-order chi connectivity index (χ0) is 19.6. The van der Waals surface area contributed by atoms with Gasteiger partial charge in [-0.15, -0.1) is 0 Å². The molecule has 0 aliphatic carbocycles. The lowest BCUT2D eigenvalue weighted by molar-refractivity contribution is -0.134. The third kappa shape index (κ3) is 4.12. The molecule has 28 heavy (non-hydrogen) atoms. The van der Waals surface area contributed by atoms with E-state index in [1.165, 1.54) is 18.9 Å². The molecule has 0 saturated carbocycles. The fourth-order valence-electron chi connectivity index (χ4n) is 4.36. The molecular formula is C22H28FN3O2. The lowest BCUT2D eigenvalue weighted by atomic mass is 9.81. The van der Waals surface area contributed by atoms with Gasteiger partial charge in [-0.2, -0.15) is 0 Å². The van der Waals surface area contributed by atoms with Crippen LogP contribution in [0, 0.1) is 5.82 Å². The van der Waals surface area contributed by atoms with Gasteiger partial charge >= 0.3 is 0 Å². The zero-order valence-electron chi connectivity index (χ0n) is 16.5. The summed E-state index contributed by atoms with van der Waals surface area (Å²) in [5, 5.41) is 0. The van der Waals surface area contributed by atoms with Crippen LogP contribution in [0.5, 0.6) is 0 Å². The molecule has 0 spiro atoms. The molecule has 1 atom stereocenters. The molecule has 0 bridgehead atoms. The molecule has 6 heteroatoms. The Hall–Kier alpha value is -2.21. The number of nitrogens with zero attached hydrogens (tertiary/aromatic N) is 3. The van der Waals surface area contributed by atoms with Crippen molar-refractivity contribution in [1.82, 2.24) is 14.8 Å². The highest BCUT2D eigenvalue weighted by Crippen LogP contribution is 2.34. The molecular weight excluding hydrogens is 357 g/mol. The van der Waals surface area contributed by atoms with Crippen molar-refractivity contribution in [3.8, 4) is 0 Å². The normalized spacial score (nSPS) is 23.3. The van der Waals surface area contributed by atoms with Crippen LogP contribution in [0.1, 0.15) is 49.8 Å². The predicted molar refractivity (Wildman–Crippen MR) is 105 cm³/mol. The Labute approximate surface area is 165 Å². The van der Waals surface area contributed by atoms with Crippen molar-refractivity contribution in [2.75, 3.05) is 32.7 Å². The fraction of sp³-hybridized carbons (Fsp3) is 0.545. The second-order valence-electron chi connectivity index (χ2n) is 8.36. The first-order valence-electron chi connectivity index (χ1n) is 10.2. The second-order valence-corrected chi connectivity index (χ2v) is 8.36. The van der Waals surface area contributed by atoms with Gasteiger partial charge in [0.1, 0.15) is 11.6 Å². The van der Waals surface area contributed by atoms with Crippen LogP contribution in [-0.4, -0.2) is 53.4 Å². The van der Waals surface area contributed by atoms with Crippen LogP contribution in [-0.2, 0) is 16.6 Å². The molecule has 1 amide bonds. The largest absolute Gasteiger partial charge is 0.445 e. The van der Waals surface area contributed by atoms with E-state index >= 15 is 0 Å². The molecule has 5 nitrogen and oxygen atoms in total. The summed E-state index contributed by atoms with van der Waals surface area (Å²) in [6, 6.07) is 6.72. The van der Waals surface area contributed by atoms with Gasteiger partial charge in [-0.05, 0) is 57.3 Å². The van der Waals surface area contributed by atoms with Crippen LogP contribution in [0.25, 0.3) is 0 Å². The van der Waals surface area contributed by atoms with Crippen molar-refractivity contribution in [2.45, 2.75) is 44.4 Å². The standard InChI is InChI=1S/C22H28FN3O2/c1-22(9-6-12-26(16-22)20(27)15-25-10-4-5-11-25)21-24-14-18(28-21)13-17-7-2-3-8-19(17)23/h2-3,7-8,14H,4-6,9-13,15-16H2,1H3/t22-/m0/s1. The first-order chi connectivity index (χ1) is 13.5. The van der Waals surface area contributed by atoms with Crippen LogP contribution in [0.3, 0.4) is 0 Å². The van der Waals surface area contributed by atoms with Crippen molar-refractivity contribution in [3.63, 3.8) is 0 Å². The summed E-state index contributed by atoms with van der Waals surface area (Å²) in [6.07, 6.45) is 6.32. The van der Waals surface area contributed by atoms with Gasteiger partial charge in [0.15, 0.2) is 0 Å². The molecule has 150 valence electrons. The van der Waals surface area contributed by atoms with Gasteiger partial charge in [0.05, 0.1) is 18.2 Å². The van der Waals surface area contributed by atoms with E-state index in [0.29, 0.717) is 36.7 Å². The Balaban J connectivity index is 1.43. The van der Waals surface area contributed by atoms with Gasteiger partial charge in [0, 0.05) is 19.5 Å². The number of hydrogen-bond donors (Lipinski definition) is 0. The fourth-order valence-corrected chi connectivity index (χ4v) is 4.36. The highest BCUT2D eigenvalue weighted by molar-refractivity contribution is 5.78. The van der Waals surface area contributed by atoms with Crippen molar-refractivity contribution in [1.29, 1.82) is 0 Å². The highest BCUT2D eigenvalue weighted by atomic mass is 19.1. The Morgan fingerprint density at radius 3 is 2.79 bits per heavy atom. The van der Waals surface area contributed by atoms with Gasteiger partial charge < -0.3 is 9.32 Å². The summed E-state index contributed by atoms with van der Waals surface area (Å²) in [7, 11) is 0. The molecule has 2 aromatic rings. The number of piperidine rings is 1. The molecule has 0 N–H and O–H groups in total. The number of carbonyl (C=O) groups is 1. The Morgan fingerprint density at radius 2 is 2.00 bits per heavy atom. The minimum absolute atomic E-state index is 0.200. The third-order valence-corrected chi connectivity index (χ3v) is 6.00. The van der Waals surface area contributed by atoms with Crippen molar-refractivity contribution < 1.29 is 13.6 Å². The number of hydrogen-bond acceptors (Lipinski definition) is 4. The van der Waals surface area contributed by atoms with Gasteiger partial charge in [-0.25, -0.2) is 9.37 Å². The first-order valence-corrected chi connectivity index (χ1v) is 10.2. The summed E-state index contributed by atoms with van der Waals surface area (Å²) in [5.74, 6) is 1.27. The summed E-state index contributed by atoms with van der Waals surface area (Å²) >= 11 is 0. The van der Waals surface area contributed by atoms with E-state index in [2.05, 4.69) is 16.8 Å². The maximum Gasteiger partial charge on any atom is 0.236 e. The van der Waals surface area contributed by atoms with Crippen LogP contribution >= 0.6 is 0 Å². The molecule has 2 aliphatic heterocycles. The van der Waals surface area contributed by atoms with Gasteiger partial charge in [0.25, 0.3) is 0 Å². The van der Waals surface area contributed by atoms with Crippen molar-refractivity contribution in [3.05, 3.63) is 53.5 Å². The number of amides is 1.